The highest BCUT2D eigenvalue weighted by Gasteiger charge is 2.16. The number of nitrogens with one attached hydrogen (secondary N) is 1. The van der Waals surface area contributed by atoms with Crippen LogP contribution in [0.25, 0.3) is 21.5 Å². The van der Waals surface area contributed by atoms with Gasteiger partial charge >= 0.3 is 0 Å². The number of hydrogen-bond acceptors (Lipinski definition) is 7. The lowest BCUT2D eigenvalue weighted by molar-refractivity contribution is -0.118. The molecule has 0 bridgehead atoms. The molecule has 0 aliphatic rings. The fraction of sp³-hybridized carbons (Fsp3) is 0.250. The molecule has 0 atom stereocenters. The molecule has 1 amide bonds. The Hall–Kier alpha value is -2.19. The highest BCUT2D eigenvalue weighted by Crippen LogP contribution is 2.35. The summed E-state index contributed by atoms with van der Waals surface area (Å²) in [5.41, 5.74) is 2.55. The molecule has 8 heteroatoms. The normalized spacial score (nSPS) is 10.8. The second kappa shape index (κ2) is 7.14. The van der Waals surface area contributed by atoms with Gasteiger partial charge in [0.1, 0.15) is 22.0 Å². The van der Waals surface area contributed by atoms with Gasteiger partial charge in [0.05, 0.1) is 22.6 Å². The number of aryl methyl sites for hydroxylation is 1. The van der Waals surface area contributed by atoms with Gasteiger partial charge in [-0.15, -0.1) is 21.5 Å². The number of hydrogen-bond donors (Lipinski definition) is 1. The smallest absolute Gasteiger partial charge is 0.230 e. The third-order valence-corrected chi connectivity index (χ3v) is 5.31. The van der Waals surface area contributed by atoms with Crippen molar-refractivity contribution < 1.29 is 9.53 Å². The first-order chi connectivity index (χ1) is 11.6. The van der Waals surface area contributed by atoms with Gasteiger partial charge in [-0.1, -0.05) is 11.8 Å². The quantitative estimate of drug-likeness (QED) is 0.705. The number of ether oxygens (including phenoxy) is 1. The van der Waals surface area contributed by atoms with Crippen LogP contribution in [0, 0.1) is 6.92 Å². The molecule has 6 nitrogen and oxygen atoms in total. The van der Waals surface area contributed by atoms with E-state index in [1.165, 1.54) is 11.8 Å². The number of fused-ring (bicyclic) bond motifs is 1. The number of benzene rings is 1. The van der Waals surface area contributed by atoms with E-state index in [4.69, 9.17) is 4.74 Å². The van der Waals surface area contributed by atoms with Crippen LogP contribution in [0.15, 0.2) is 29.3 Å². The van der Waals surface area contributed by atoms with Gasteiger partial charge < -0.3 is 10.1 Å². The van der Waals surface area contributed by atoms with Crippen molar-refractivity contribution in [2.24, 2.45) is 0 Å². The average Bonchev–Trinajstić information content (AvgIpc) is 3.01. The van der Waals surface area contributed by atoms with Crippen LogP contribution in [-0.4, -0.2) is 41.0 Å². The Labute approximate surface area is 147 Å². The van der Waals surface area contributed by atoms with E-state index in [9.17, 15) is 4.79 Å². The Kier molecular flexibility index (Phi) is 4.96. The molecule has 0 spiro atoms. The minimum Gasteiger partial charge on any atom is -0.497 e. The zero-order valence-corrected chi connectivity index (χ0v) is 15.1. The van der Waals surface area contributed by atoms with Crippen molar-refractivity contribution in [1.29, 1.82) is 0 Å². The molecule has 3 aromatic rings. The summed E-state index contributed by atoms with van der Waals surface area (Å²) in [6.45, 7) is 1.95. The largest absolute Gasteiger partial charge is 0.497 e. The van der Waals surface area contributed by atoms with Gasteiger partial charge in [0.15, 0.2) is 0 Å². The SMILES string of the molecule is CNC(=O)CSc1nnc(-c2ccc(OC)cc2)c2sc(C)nc12. The molecular weight excluding hydrogens is 344 g/mol. The fourth-order valence-electron chi connectivity index (χ4n) is 2.16. The summed E-state index contributed by atoms with van der Waals surface area (Å²) in [6.07, 6.45) is 0. The molecule has 0 aliphatic heterocycles. The van der Waals surface area contributed by atoms with Crippen molar-refractivity contribution in [1.82, 2.24) is 20.5 Å². The van der Waals surface area contributed by atoms with Crippen LogP contribution >= 0.6 is 23.1 Å². The van der Waals surface area contributed by atoms with Crippen molar-refractivity contribution in [3.05, 3.63) is 29.3 Å². The first-order valence-corrected chi connectivity index (χ1v) is 9.04. The van der Waals surface area contributed by atoms with Crippen LogP contribution in [-0.2, 0) is 4.79 Å². The maximum atomic E-state index is 11.5. The number of thiazole rings is 1. The van der Waals surface area contributed by atoms with Gasteiger partial charge in [-0.3, -0.25) is 4.79 Å². The van der Waals surface area contributed by atoms with Gasteiger partial charge in [0.2, 0.25) is 5.91 Å². The first-order valence-electron chi connectivity index (χ1n) is 7.24. The highest BCUT2D eigenvalue weighted by atomic mass is 32.2. The molecule has 1 N–H and O–H groups in total. The molecule has 0 aliphatic carbocycles. The molecular formula is C16H16N4O2S2. The van der Waals surface area contributed by atoms with Gasteiger partial charge in [0, 0.05) is 12.6 Å². The van der Waals surface area contributed by atoms with E-state index in [1.54, 1.807) is 25.5 Å². The van der Waals surface area contributed by atoms with Crippen molar-refractivity contribution in [3.8, 4) is 17.0 Å². The minimum absolute atomic E-state index is 0.0545. The maximum absolute atomic E-state index is 11.5. The van der Waals surface area contributed by atoms with Crippen LogP contribution in [0.3, 0.4) is 0 Å². The fourth-order valence-corrected chi connectivity index (χ4v) is 3.95. The number of amides is 1. The average molecular weight is 360 g/mol. The molecule has 2 heterocycles. The van der Waals surface area contributed by atoms with Gasteiger partial charge in [0.25, 0.3) is 0 Å². The monoisotopic (exact) mass is 360 g/mol. The molecule has 0 fully saturated rings. The number of rotatable bonds is 5. The maximum Gasteiger partial charge on any atom is 0.230 e. The topological polar surface area (TPSA) is 77.0 Å². The van der Waals surface area contributed by atoms with E-state index < -0.39 is 0 Å². The zero-order valence-electron chi connectivity index (χ0n) is 13.5. The van der Waals surface area contributed by atoms with E-state index >= 15 is 0 Å². The van der Waals surface area contributed by atoms with E-state index in [1.807, 2.05) is 31.2 Å². The third kappa shape index (κ3) is 3.34. The van der Waals surface area contributed by atoms with Crippen LogP contribution in [0.4, 0.5) is 0 Å². The molecule has 24 heavy (non-hydrogen) atoms. The zero-order chi connectivity index (χ0) is 17.1. The predicted molar refractivity (Wildman–Crippen MR) is 96.7 cm³/mol. The summed E-state index contributed by atoms with van der Waals surface area (Å²) in [4.78, 5) is 16.0. The second-order valence-corrected chi connectivity index (χ2v) is 7.12. The van der Waals surface area contributed by atoms with Crippen LogP contribution in [0.5, 0.6) is 5.75 Å². The predicted octanol–water partition coefficient (Wildman–Crippen LogP) is 2.91. The standard InChI is InChI=1S/C16H16N4O2S2/c1-9-18-14-15(24-9)13(10-4-6-11(22-3)7-5-10)19-20-16(14)23-8-12(21)17-2/h4-7H,8H2,1-3H3,(H,17,21). The Morgan fingerprint density at radius 3 is 2.71 bits per heavy atom. The summed E-state index contributed by atoms with van der Waals surface area (Å²) < 4.78 is 6.17. The molecule has 0 unspecified atom stereocenters. The molecule has 3 rings (SSSR count). The molecule has 2 aromatic heterocycles. The van der Waals surface area contributed by atoms with Crippen molar-refractivity contribution in [2.75, 3.05) is 19.9 Å². The Bertz CT molecular complexity index is 878. The second-order valence-electron chi connectivity index (χ2n) is 4.95. The van der Waals surface area contributed by atoms with Crippen LogP contribution in [0.1, 0.15) is 5.01 Å². The van der Waals surface area contributed by atoms with E-state index in [2.05, 4.69) is 20.5 Å². The Morgan fingerprint density at radius 2 is 2.04 bits per heavy atom. The van der Waals surface area contributed by atoms with E-state index in [0.29, 0.717) is 10.8 Å². The molecule has 0 saturated heterocycles. The van der Waals surface area contributed by atoms with Crippen molar-refractivity contribution >= 4 is 39.2 Å². The summed E-state index contributed by atoms with van der Waals surface area (Å²) in [7, 11) is 3.25. The molecule has 0 radical (unpaired) electrons. The summed E-state index contributed by atoms with van der Waals surface area (Å²) in [5.74, 6) is 1.03. The number of carbonyl (C=O) groups is 1. The van der Waals surface area contributed by atoms with E-state index in [0.717, 1.165) is 32.2 Å². The minimum atomic E-state index is -0.0545. The Morgan fingerprint density at radius 1 is 1.29 bits per heavy atom. The van der Waals surface area contributed by atoms with Crippen molar-refractivity contribution in [2.45, 2.75) is 11.9 Å². The molecule has 1 aromatic carbocycles. The van der Waals surface area contributed by atoms with Crippen LogP contribution in [0.2, 0.25) is 0 Å². The van der Waals surface area contributed by atoms with Crippen LogP contribution < -0.4 is 10.1 Å². The van der Waals surface area contributed by atoms with Crippen molar-refractivity contribution in [3.63, 3.8) is 0 Å². The number of methoxy groups -OCH3 is 1. The van der Waals surface area contributed by atoms with Gasteiger partial charge in [-0.25, -0.2) is 4.98 Å². The lowest BCUT2D eigenvalue weighted by Gasteiger charge is -2.06. The summed E-state index contributed by atoms with van der Waals surface area (Å²) >= 11 is 2.92. The Balaban J connectivity index is 2.02. The summed E-state index contributed by atoms with van der Waals surface area (Å²) in [6, 6.07) is 7.69. The molecule has 124 valence electrons. The molecule has 0 saturated carbocycles. The lowest BCUT2D eigenvalue weighted by Crippen LogP contribution is -2.19. The number of carbonyl (C=O) groups excluding carboxylic acids is 1. The lowest BCUT2D eigenvalue weighted by atomic mass is 10.1. The van der Waals surface area contributed by atoms with Gasteiger partial charge in [-0.05, 0) is 31.2 Å². The summed E-state index contributed by atoms with van der Waals surface area (Å²) in [5, 5.41) is 12.9. The third-order valence-electron chi connectivity index (χ3n) is 3.37. The number of thioether (sulfide) groups is 1. The number of nitrogens with zero attached hydrogens (tertiary/aromatic N) is 3. The van der Waals surface area contributed by atoms with Gasteiger partial charge in [-0.2, -0.15) is 0 Å². The first kappa shape index (κ1) is 16.7. The number of aromatic nitrogens is 3. The highest BCUT2D eigenvalue weighted by molar-refractivity contribution is 8.00. The van der Waals surface area contributed by atoms with E-state index in [-0.39, 0.29) is 5.91 Å².